The molecule has 0 N–H and O–H groups in total. The van der Waals surface area contributed by atoms with Gasteiger partial charge in [-0.05, 0) is 81.8 Å². The van der Waals surface area contributed by atoms with Crippen molar-refractivity contribution in [2.45, 2.75) is 64.3 Å². The number of aryl methyl sites for hydroxylation is 1. The second-order valence-electron chi connectivity index (χ2n) is 11.0. The van der Waals surface area contributed by atoms with E-state index in [2.05, 4.69) is 14.9 Å². The molecule has 1 aliphatic carbocycles. The van der Waals surface area contributed by atoms with Crippen molar-refractivity contribution in [3.63, 3.8) is 0 Å². The Morgan fingerprint density at radius 2 is 1.81 bits per heavy atom. The van der Waals surface area contributed by atoms with Gasteiger partial charge >= 0.3 is 0 Å². The van der Waals surface area contributed by atoms with Crippen LogP contribution in [0.1, 0.15) is 67.3 Å². The summed E-state index contributed by atoms with van der Waals surface area (Å²) in [6.45, 7) is 4.99. The summed E-state index contributed by atoms with van der Waals surface area (Å²) in [5, 5.41) is 0. The molecule has 2 amide bonds. The van der Waals surface area contributed by atoms with E-state index >= 15 is 0 Å². The highest BCUT2D eigenvalue weighted by Crippen LogP contribution is 2.34. The molecular formula is C29H38N4O4. The third-order valence-electron chi connectivity index (χ3n) is 8.77. The second-order valence-corrected chi connectivity index (χ2v) is 11.0. The molecule has 2 saturated heterocycles. The normalized spacial score (nSPS) is 27.5. The predicted octanol–water partition coefficient (Wildman–Crippen LogP) is 3.71. The maximum Gasteiger partial charge on any atom is 0.289 e. The van der Waals surface area contributed by atoms with Crippen LogP contribution in [0.25, 0.3) is 0 Å². The molecule has 0 radical (unpaired) electrons. The number of ether oxygens (including phenoxy) is 1. The first-order chi connectivity index (χ1) is 17.9. The van der Waals surface area contributed by atoms with Crippen LogP contribution in [-0.2, 0) is 9.59 Å². The summed E-state index contributed by atoms with van der Waals surface area (Å²) in [4.78, 5) is 51.0. The molecule has 5 rings (SSSR count). The van der Waals surface area contributed by atoms with Gasteiger partial charge in [-0.15, -0.1) is 0 Å². The molecule has 0 bridgehead atoms. The molecule has 1 saturated carbocycles. The molecule has 8 nitrogen and oxygen atoms in total. The van der Waals surface area contributed by atoms with Crippen LogP contribution in [0.5, 0.6) is 5.75 Å². The summed E-state index contributed by atoms with van der Waals surface area (Å²) in [5.74, 6) is 2.05. The molecule has 4 aliphatic rings. The molecule has 0 aromatic heterocycles. The maximum absolute atomic E-state index is 13.5. The van der Waals surface area contributed by atoms with E-state index in [4.69, 9.17) is 4.74 Å². The summed E-state index contributed by atoms with van der Waals surface area (Å²) in [6, 6.07) is 5.56. The molecule has 37 heavy (non-hydrogen) atoms. The quantitative estimate of drug-likeness (QED) is 0.415. The minimum Gasteiger partial charge on any atom is -0.496 e. The predicted molar refractivity (Wildman–Crippen MR) is 142 cm³/mol. The number of aliphatic imine (C=N–C) groups is 2. The number of amides is 2. The van der Waals surface area contributed by atoms with Gasteiger partial charge < -0.3 is 9.64 Å². The first-order valence-electron chi connectivity index (χ1n) is 13.8. The fourth-order valence-electron chi connectivity index (χ4n) is 6.68. The Kier molecular flexibility index (Phi) is 7.84. The number of hydrogen-bond donors (Lipinski definition) is 0. The number of hydrogen-bond acceptors (Lipinski definition) is 6. The van der Waals surface area contributed by atoms with Gasteiger partial charge in [0.25, 0.3) is 5.91 Å². The summed E-state index contributed by atoms with van der Waals surface area (Å²) in [6.07, 6.45) is 9.18. The van der Waals surface area contributed by atoms with Crippen molar-refractivity contribution < 1.29 is 19.1 Å². The molecule has 0 spiro atoms. The van der Waals surface area contributed by atoms with E-state index in [1.165, 1.54) is 12.6 Å². The first-order valence-corrected chi connectivity index (χ1v) is 13.8. The Balaban J connectivity index is 1.17. The lowest BCUT2D eigenvalue weighted by molar-refractivity contribution is -0.133. The Bertz CT molecular complexity index is 1110. The van der Waals surface area contributed by atoms with Crippen molar-refractivity contribution in [1.29, 1.82) is 0 Å². The van der Waals surface area contributed by atoms with Gasteiger partial charge in [0, 0.05) is 30.5 Å². The fraction of sp³-hybridized carbons (Fsp3) is 0.621. The van der Waals surface area contributed by atoms with Crippen LogP contribution < -0.4 is 4.74 Å². The monoisotopic (exact) mass is 506 g/mol. The highest BCUT2D eigenvalue weighted by molar-refractivity contribution is 6.35. The van der Waals surface area contributed by atoms with E-state index in [1.54, 1.807) is 7.11 Å². The largest absolute Gasteiger partial charge is 0.496 e. The minimum atomic E-state index is -0.265. The van der Waals surface area contributed by atoms with Crippen LogP contribution in [0.2, 0.25) is 0 Å². The number of nitrogens with zero attached hydrogens (tertiary/aromatic N) is 4. The number of carbonyl (C=O) groups excluding carboxylic acids is 3. The number of piperidine rings is 1. The number of methoxy groups -OCH3 is 1. The summed E-state index contributed by atoms with van der Waals surface area (Å²) in [7, 11) is 1.64. The molecule has 2 unspecified atom stereocenters. The molecule has 3 heterocycles. The van der Waals surface area contributed by atoms with Gasteiger partial charge in [0.2, 0.25) is 5.91 Å². The van der Waals surface area contributed by atoms with E-state index in [1.807, 2.05) is 30.0 Å². The lowest BCUT2D eigenvalue weighted by atomic mass is 9.86. The van der Waals surface area contributed by atoms with Crippen molar-refractivity contribution in [2.24, 2.45) is 27.7 Å². The van der Waals surface area contributed by atoms with Crippen LogP contribution in [0.15, 0.2) is 28.2 Å². The van der Waals surface area contributed by atoms with Crippen LogP contribution >= 0.6 is 0 Å². The maximum atomic E-state index is 13.5. The van der Waals surface area contributed by atoms with Gasteiger partial charge in [-0.2, -0.15) is 4.99 Å². The van der Waals surface area contributed by atoms with Crippen molar-refractivity contribution in [2.75, 3.05) is 33.3 Å². The Hall–Kier alpha value is -2.87. The molecule has 1 aromatic carbocycles. The lowest BCUT2D eigenvalue weighted by Gasteiger charge is -2.35. The number of Topliss-reactive ketones (excluding diaryl/α,β-unsaturated/α-hetero) is 1. The summed E-state index contributed by atoms with van der Waals surface area (Å²) >= 11 is 0. The van der Waals surface area contributed by atoms with E-state index in [0.717, 1.165) is 81.5 Å². The Morgan fingerprint density at radius 3 is 2.51 bits per heavy atom. The van der Waals surface area contributed by atoms with Crippen LogP contribution in [0.3, 0.4) is 0 Å². The van der Waals surface area contributed by atoms with Gasteiger partial charge in [-0.3, -0.25) is 19.3 Å². The first kappa shape index (κ1) is 25.8. The number of likely N-dealkylation sites (tertiary alicyclic amines) is 2. The molecule has 8 heteroatoms. The van der Waals surface area contributed by atoms with Gasteiger partial charge in [-0.25, -0.2) is 4.99 Å². The Morgan fingerprint density at radius 1 is 1.03 bits per heavy atom. The summed E-state index contributed by atoms with van der Waals surface area (Å²) < 4.78 is 5.33. The minimum absolute atomic E-state index is 0.00106. The van der Waals surface area contributed by atoms with Gasteiger partial charge in [0.15, 0.2) is 5.78 Å². The number of benzene rings is 1. The Labute approximate surface area is 219 Å². The molecule has 3 fully saturated rings. The van der Waals surface area contributed by atoms with Crippen molar-refractivity contribution >= 4 is 29.6 Å². The van der Waals surface area contributed by atoms with Crippen molar-refractivity contribution in [1.82, 2.24) is 9.80 Å². The van der Waals surface area contributed by atoms with Gasteiger partial charge in [0.1, 0.15) is 11.6 Å². The molecule has 3 aliphatic heterocycles. The fourth-order valence-corrected chi connectivity index (χ4v) is 6.68. The third kappa shape index (κ3) is 5.54. The average molecular weight is 507 g/mol. The van der Waals surface area contributed by atoms with E-state index in [0.29, 0.717) is 18.3 Å². The lowest BCUT2D eigenvalue weighted by Crippen LogP contribution is -2.47. The number of carbonyl (C=O) groups is 3. The molecule has 1 aromatic rings. The van der Waals surface area contributed by atoms with E-state index < -0.39 is 0 Å². The number of amidine groups is 1. The van der Waals surface area contributed by atoms with Crippen LogP contribution in [0.4, 0.5) is 0 Å². The van der Waals surface area contributed by atoms with Gasteiger partial charge in [-0.1, -0.05) is 19.3 Å². The average Bonchev–Trinajstić information content (AvgIpc) is 3.41. The number of ketones is 1. The smallest absolute Gasteiger partial charge is 0.289 e. The second kappa shape index (κ2) is 11.3. The molecule has 3 atom stereocenters. The highest BCUT2D eigenvalue weighted by atomic mass is 16.5. The van der Waals surface area contributed by atoms with E-state index in [9.17, 15) is 14.4 Å². The van der Waals surface area contributed by atoms with E-state index in [-0.39, 0.29) is 35.5 Å². The highest BCUT2D eigenvalue weighted by Gasteiger charge is 2.40. The standard InChI is InChI=1S/C29H38N4O4/c1-19-16-21(8-9-25(19)37-2)27(35)20-10-13-32(14-11-20)24-12-15-33(29(24)36)18-22-6-4-3-5-7-23(22)28-30-17-26(34)31-28/h8-9,16-17,20,22-24H,3-7,10-15,18H2,1-2H3/t22?,23?,24-/m1/s1. The van der Waals surface area contributed by atoms with Gasteiger partial charge in [0.05, 0.1) is 19.4 Å². The SMILES string of the molecule is COc1ccc(C(=O)C2CCN([C@@H]3CCN(CC4CCCCCC4C4=NC(=O)C=N4)C3=O)CC2)cc1C. The zero-order chi connectivity index (χ0) is 25.9. The zero-order valence-corrected chi connectivity index (χ0v) is 22.0. The third-order valence-corrected chi connectivity index (χ3v) is 8.77. The molecule has 198 valence electrons. The van der Waals surface area contributed by atoms with Crippen LogP contribution in [0, 0.1) is 24.7 Å². The van der Waals surface area contributed by atoms with Crippen molar-refractivity contribution in [3.8, 4) is 5.75 Å². The van der Waals surface area contributed by atoms with Crippen molar-refractivity contribution in [3.05, 3.63) is 29.3 Å². The molecular weight excluding hydrogens is 468 g/mol. The summed E-state index contributed by atoms with van der Waals surface area (Å²) in [5.41, 5.74) is 1.72. The number of rotatable bonds is 7. The van der Waals surface area contributed by atoms with Crippen LogP contribution in [-0.4, -0.2) is 78.8 Å². The zero-order valence-electron chi connectivity index (χ0n) is 22.0. The topological polar surface area (TPSA) is 91.6 Å².